The lowest BCUT2D eigenvalue weighted by molar-refractivity contribution is 0.0929. The molecule has 3 heterocycles. The summed E-state index contributed by atoms with van der Waals surface area (Å²) in [5, 5.41) is 22.7. The Balaban J connectivity index is 1.97. The zero-order valence-corrected chi connectivity index (χ0v) is 19.3. The number of fused-ring (bicyclic) bond motifs is 1. The molecule has 4 rings (SSSR count). The molecule has 186 valence electrons. The Kier molecular flexibility index (Phi) is 6.56. The van der Waals surface area contributed by atoms with E-state index in [-0.39, 0.29) is 47.3 Å². The van der Waals surface area contributed by atoms with Crippen molar-refractivity contribution < 1.29 is 28.2 Å². The Morgan fingerprint density at radius 1 is 1.14 bits per heavy atom. The van der Waals surface area contributed by atoms with Gasteiger partial charge in [0.15, 0.2) is 17.3 Å². The van der Waals surface area contributed by atoms with Crippen molar-refractivity contribution in [1.82, 2.24) is 14.9 Å². The molecule has 1 aromatic carbocycles. The van der Waals surface area contributed by atoms with Gasteiger partial charge in [-0.25, -0.2) is 18.2 Å². The maximum Gasteiger partial charge on any atom is 0.257 e. The molecule has 3 aromatic rings. The van der Waals surface area contributed by atoms with E-state index in [2.05, 4.69) is 10.3 Å². The van der Waals surface area contributed by atoms with Gasteiger partial charge in [-0.05, 0) is 25.0 Å². The largest absolute Gasteiger partial charge is 0.391 e. The van der Waals surface area contributed by atoms with E-state index in [0.29, 0.717) is 12.1 Å². The van der Waals surface area contributed by atoms with E-state index in [4.69, 9.17) is 0 Å². The third kappa shape index (κ3) is 4.61. The summed E-state index contributed by atoms with van der Waals surface area (Å²) in [5.74, 6) is -4.21. The third-order valence-electron chi connectivity index (χ3n) is 6.21. The van der Waals surface area contributed by atoms with E-state index in [9.17, 15) is 33.0 Å². The van der Waals surface area contributed by atoms with E-state index in [1.807, 2.05) is 13.8 Å². The molecule has 0 bridgehead atoms. The zero-order chi connectivity index (χ0) is 25.6. The van der Waals surface area contributed by atoms with Gasteiger partial charge < -0.3 is 20.4 Å². The van der Waals surface area contributed by atoms with E-state index < -0.39 is 46.8 Å². The van der Waals surface area contributed by atoms with Gasteiger partial charge in [-0.2, -0.15) is 0 Å². The molecule has 0 saturated carbocycles. The van der Waals surface area contributed by atoms with Crippen molar-refractivity contribution in [3.05, 3.63) is 63.7 Å². The number of anilines is 1. The normalized spacial score (nSPS) is 18.9. The van der Waals surface area contributed by atoms with Crippen molar-refractivity contribution in [2.24, 2.45) is 5.92 Å². The van der Waals surface area contributed by atoms with Gasteiger partial charge in [0.05, 0.1) is 11.5 Å². The fourth-order valence-electron chi connectivity index (χ4n) is 3.94. The van der Waals surface area contributed by atoms with Crippen LogP contribution in [0.1, 0.15) is 37.6 Å². The Labute approximate surface area is 198 Å². The average molecular weight is 490 g/mol. The van der Waals surface area contributed by atoms with Crippen LogP contribution in [0, 0.1) is 23.4 Å². The Morgan fingerprint density at radius 2 is 1.80 bits per heavy atom. The Bertz CT molecular complexity index is 1340. The summed E-state index contributed by atoms with van der Waals surface area (Å²) in [4.78, 5) is 31.8. The predicted molar refractivity (Wildman–Crippen MR) is 123 cm³/mol. The van der Waals surface area contributed by atoms with Crippen LogP contribution in [-0.4, -0.2) is 50.6 Å². The second-order valence-corrected chi connectivity index (χ2v) is 9.03. The summed E-state index contributed by atoms with van der Waals surface area (Å²) < 4.78 is 44.1. The lowest BCUT2D eigenvalue weighted by Gasteiger charge is -2.22. The number of amides is 1. The van der Waals surface area contributed by atoms with Crippen molar-refractivity contribution >= 4 is 22.8 Å². The van der Waals surface area contributed by atoms with Crippen LogP contribution in [0.15, 0.2) is 35.3 Å². The summed E-state index contributed by atoms with van der Waals surface area (Å²) in [5.41, 5.74) is -2.03. The number of carbonyl (C=O) groups is 1. The Hall–Kier alpha value is -3.44. The number of nitrogens with zero attached hydrogens (tertiary/aromatic N) is 3. The summed E-state index contributed by atoms with van der Waals surface area (Å²) in [6.07, 6.45) is -0.831. The first kappa shape index (κ1) is 24.7. The van der Waals surface area contributed by atoms with Gasteiger partial charge in [-0.1, -0.05) is 13.8 Å². The van der Waals surface area contributed by atoms with Crippen LogP contribution in [-0.2, 0) is 0 Å². The minimum absolute atomic E-state index is 0.0523. The molecular weight excluding hydrogens is 465 g/mol. The molecule has 0 radical (unpaired) electrons. The monoisotopic (exact) mass is 490 g/mol. The summed E-state index contributed by atoms with van der Waals surface area (Å²) in [7, 11) is 0. The van der Waals surface area contributed by atoms with Gasteiger partial charge in [0.2, 0.25) is 5.43 Å². The number of rotatable bonds is 5. The molecule has 1 fully saturated rings. The van der Waals surface area contributed by atoms with Crippen LogP contribution >= 0.6 is 0 Å². The van der Waals surface area contributed by atoms with Crippen LogP contribution in [0.25, 0.3) is 16.7 Å². The highest BCUT2D eigenvalue weighted by atomic mass is 19.1. The molecule has 1 saturated heterocycles. The summed E-state index contributed by atoms with van der Waals surface area (Å²) in [6.45, 7) is 5.56. The number of nitrogens with one attached hydrogen (secondary N) is 1. The molecule has 1 unspecified atom stereocenters. The number of hydrogen-bond acceptors (Lipinski definition) is 6. The quantitative estimate of drug-likeness (QED) is 0.507. The fraction of sp³-hybridized carbons (Fsp3) is 0.375. The van der Waals surface area contributed by atoms with Crippen molar-refractivity contribution in [2.45, 2.75) is 45.6 Å². The smallest absolute Gasteiger partial charge is 0.257 e. The van der Waals surface area contributed by atoms with Crippen LogP contribution in [0.4, 0.5) is 19.0 Å². The molecule has 11 heteroatoms. The lowest BCUT2D eigenvalue weighted by Crippen LogP contribution is -2.38. The van der Waals surface area contributed by atoms with Crippen molar-refractivity contribution in [3.63, 3.8) is 0 Å². The number of pyridine rings is 2. The molecular formula is C24H25F3N4O4. The minimum atomic E-state index is -1.27. The Morgan fingerprint density at radius 3 is 2.37 bits per heavy atom. The summed E-state index contributed by atoms with van der Waals surface area (Å²) >= 11 is 0. The van der Waals surface area contributed by atoms with Gasteiger partial charge >= 0.3 is 0 Å². The number of aliphatic hydroxyl groups excluding tert-OH is 2. The second kappa shape index (κ2) is 9.31. The van der Waals surface area contributed by atoms with Crippen molar-refractivity contribution in [3.8, 4) is 5.69 Å². The van der Waals surface area contributed by atoms with E-state index in [1.54, 1.807) is 6.92 Å². The van der Waals surface area contributed by atoms with Crippen LogP contribution in [0.2, 0.25) is 0 Å². The number of aliphatic hydroxyl groups is 2. The number of β-amino-alcohol motifs (C(OH)–C–C–N with tert-alkyl or cyclic N) is 1. The number of benzene rings is 1. The predicted octanol–water partition coefficient (Wildman–Crippen LogP) is 2.47. The fourth-order valence-corrected chi connectivity index (χ4v) is 3.94. The molecule has 0 spiro atoms. The molecule has 2 aromatic heterocycles. The van der Waals surface area contributed by atoms with Crippen LogP contribution in [0.5, 0.6) is 0 Å². The van der Waals surface area contributed by atoms with Crippen LogP contribution in [0.3, 0.4) is 0 Å². The number of hydrogen-bond donors (Lipinski definition) is 3. The molecule has 3 N–H and O–H groups in total. The highest BCUT2D eigenvalue weighted by Crippen LogP contribution is 2.27. The van der Waals surface area contributed by atoms with Crippen LogP contribution < -0.4 is 15.6 Å². The molecule has 1 aliphatic rings. The van der Waals surface area contributed by atoms with Gasteiger partial charge in [0.1, 0.15) is 29.1 Å². The highest BCUT2D eigenvalue weighted by molar-refractivity contribution is 5.97. The van der Waals surface area contributed by atoms with Gasteiger partial charge in [-0.15, -0.1) is 0 Å². The standard InChI is InChI=1S/C24H25F3N4O4/c1-11(2)12(3)28-24(35)16-10-31(21-17(26)6-13(25)7-18(21)27)23-15(22(16)34)4-5-19(29-23)30-9-14(32)8-20(30)33/h4-7,10-12,14,20,32-33H,8-9H2,1-3H3,(H,28,35)/t12-,14+,20?/m1/s1. The van der Waals surface area contributed by atoms with Gasteiger partial charge in [0, 0.05) is 37.3 Å². The van der Waals surface area contributed by atoms with E-state index in [1.165, 1.54) is 17.0 Å². The minimum Gasteiger partial charge on any atom is -0.391 e. The number of halogens is 3. The molecule has 35 heavy (non-hydrogen) atoms. The number of carbonyl (C=O) groups excluding carboxylic acids is 1. The maximum absolute atomic E-state index is 14.8. The number of aromatic nitrogens is 2. The van der Waals surface area contributed by atoms with E-state index in [0.717, 1.165) is 10.8 Å². The average Bonchev–Trinajstić information content (AvgIpc) is 3.11. The third-order valence-corrected chi connectivity index (χ3v) is 6.21. The van der Waals surface area contributed by atoms with Crippen molar-refractivity contribution in [2.75, 3.05) is 11.4 Å². The first-order chi connectivity index (χ1) is 16.5. The highest BCUT2D eigenvalue weighted by Gasteiger charge is 2.31. The zero-order valence-electron chi connectivity index (χ0n) is 19.3. The molecule has 1 amide bonds. The summed E-state index contributed by atoms with van der Waals surface area (Å²) in [6, 6.07) is 3.40. The first-order valence-corrected chi connectivity index (χ1v) is 11.1. The molecule has 3 atom stereocenters. The van der Waals surface area contributed by atoms with E-state index >= 15 is 0 Å². The SMILES string of the molecule is CC(C)[C@@H](C)NC(=O)c1cn(-c2c(F)cc(F)cc2F)c2nc(N3C[C@@H](O)CC3O)ccc2c1=O. The lowest BCUT2D eigenvalue weighted by atomic mass is 10.1. The maximum atomic E-state index is 14.8. The second-order valence-electron chi connectivity index (χ2n) is 9.03. The first-order valence-electron chi connectivity index (χ1n) is 11.1. The molecule has 8 nitrogen and oxygen atoms in total. The topological polar surface area (TPSA) is 108 Å². The molecule has 0 aliphatic carbocycles. The molecule has 1 aliphatic heterocycles. The van der Waals surface area contributed by atoms with Gasteiger partial charge in [0.25, 0.3) is 5.91 Å². The van der Waals surface area contributed by atoms with Crippen molar-refractivity contribution in [1.29, 1.82) is 0 Å². The van der Waals surface area contributed by atoms with Gasteiger partial charge in [-0.3, -0.25) is 14.2 Å².